The summed E-state index contributed by atoms with van der Waals surface area (Å²) in [7, 11) is 0. The third-order valence-electron chi connectivity index (χ3n) is 2.75. The minimum absolute atomic E-state index is 0.416. The van der Waals surface area contributed by atoms with Crippen LogP contribution in [-0.4, -0.2) is 30.2 Å². The Kier molecular flexibility index (Phi) is 4.49. The van der Waals surface area contributed by atoms with E-state index in [0.717, 1.165) is 6.42 Å². The maximum atomic E-state index is 11.3. The van der Waals surface area contributed by atoms with E-state index in [1.807, 2.05) is 0 Å². The van der Waals surface area contributed by atoms with Crippen molar-refractivity contribution in [1.82, 2.24) is 5.32 Å². The number of fused-ring (bicyclic) bond motifs is 1. The molecule has 0 bridgehead atoms. The highest BCUT2D eigenvalue weighted by Gasteiger charge is 2.24. The first-order valence-electron chi connectivity index (χ1n) is 6.08. The Morgan fingerprint density at radius 1 is 1.35 bits per heavy atom. The van der Waals surface area contributed by atoms with Crippen LogP contribution >= 0.6 is 15.9 Å². The smallest absolute Gasteiger partial charge is 0.330 e. The first-order valence-corrected chi connectivity index (χ1v) is 6.87. The third kappa shape index (κ3) is 3.22. The number of halogens is 1. The fourth-order valence-electron chi connectivity index (χ4n) is 1.91. The average molecular weight is 344 g/mol. The van der Waals surface area contributed by atoms with Gasteiger partial charge in [0.25, 0.3) is 0 Å². The molecule has 0 aliphatic carbocycles. The Morgan fingerprint density at radius 2 is 2.05 bits per heavy atom. The number of carboxylic acid groups (broad SMARTS) is 1. The Morgan fingerprint density at radius 3 is 2.70 bits per heavy atom. The first kappa shape index (κ1) is 14.6. The van der Waals surface area contributed by atoms with Crippen LogP contribution in [-0.2, 0) is 9.59 Å². The molecule has 0 radical (unpaired) electrons. The van der Waals surface area contributed by atoms with Crippen LogP contribution in [0.2, 0.25) is 0 Å². The van der Waals surface area contributed by atoms with Gasteiger partial charge in [0.1, 0.15) is 0 Å². The zero-order chi connectivity index (χ0) is 14.7. The summed E-state index contributed by atoms with van der Waals surface area (Å²) in [5.74, 6) is -0.524. The summed E-state index contributed by atoms with van der Waals surface area (Å²) in [6.07, 6.45) is 0.754. The molecule has 6 nitrogen and oxygen atoms in total. The summed E-state index contributed by atoms with van der Waals surface area (Å²) in [6.45, 7) is 2.31. The van der Waals surface area contributed by atoms with E-state index in [1.165, 1.54) is 6.92 Å². The number of aliphatic carboxylic acids is 1. The number of benzene rings is 1. The molecule has 2 rings (SSSR count). The highest BCUT2D eigenvalue weighted by Crippen LogP contribution is 2.39. The molecule has 0 fully saturated rings. The van der Waals surface area contributed by atoms with Gasteiger partial charge in [0, 0.05) is 13.3 Å². The molecule has 1 heterocycles. The van der Waals surface area contributed by atoms with Gasteiger partial charge in [-0.15, -0.1) is 0 Å². The lowest BCUT2D eigenvalue weighted by Gasteiger charge is -2.17. The summed E-state index contributed by atoms with van der Waals surface area (Å²) in [4.78, 5) is 22.4. The molecule has 0 spiro atoms. The highest BCUT2D eigenvalue weighted by atomic mass is 79.9. The second kappa shape index (κ2) is 6.13. The van der Waals surface area contributed by atoms with E-state index in [-0.39, 0.29) is 0 Å². The van der Waals surface area contributed by atoms with Gasteiger partial charge in [-0.2, -0.15) is 0 Å². The van der Waals surface area contributed by atoms with Crippen LogP contribution in [0, 0.1) is 0 Å². The van der Waals surface area contributed by atoms with E-state index in [4.69, 9.17) is 9.47 Å². The lowest BCUT2D eigenvalue weighted by atomic mass is 10.1. The van der Waals surface area contributed by atoms with Crippen molar-refractivity contribution >= 4 is 27.8 Å². The van der Waals surface area contributed by atoms with Crippen LogP contribution in [0.15, 0.2) is 16.6 Å². The maximum absolute atomic E-state index is 11.3. The fraction of sp³-hybridized carbons (Fsp3) is 0.385. The van der Waals surface area contributed by atoms with Gasteiger partial charge in [-0.05, 0) is 33.6 Å². The minimum atomic E-state index is -1.14. The molecule has 108 valence electrons. The number of hydrogen-bond acceptors (Lipinski definition) is 4. The van der Waals surface area contributed by atoms with E-state index in [2.05, 4.69) is 21.2 Å². The Hall–Kier alpha value is -1.76. The van der Waals surface area contributed by atoms with Crippen LogP contribution in [0.1, 0.15) is 24.9 Å². The Labute approximate surface area is 124 Å². The summed E-state index contributed by atoms with van der Waals surface area (Å²) in [5, 5.41) is 11.6. The predicted octanol–water partition coefficient (Wildman–Crippen LogP) is 1.87. The summed E-state index contributed by atoms with van der Waals surface area (Å²) >= 11 is 3.34. The van der Waals surface area contributed by atoms with Gasteiger partial charge in [0.15, 0.2) is 17.5 Å². The lowest BCUT2D eigenvalue weighted by Crippen LogP contribution is -2.32. The molecule has 1 aromatic carbocycles. The van der Waals surface area contributed by atoms with Crippen LogP contribution in [0.4, 0.5) is 0 Å². The number of carbonyl (C=O) groups is 2. The molecule has 20 heavy (non-hydrogen) atoms. The van der Waals surface area contributed by atoms with E-state index in [9.17, 15) is 14.7 Å². The molecule has 1 atom stereocenters. The largest absolute Gasteiger partial charge is 0.490 e. The molecule has 2 N–H and O–H groups in total. The molecule has 1 amide bonds. The quantitative estimate of drug-likeness (QED) is 0.875. The van der Waals surface area contributed by atoms with Crippen molar-refractivity contribution in [3.8, 4) is 11.5 Å². The van der Waals surface area contributed by atoms with E-state index < -0.39 is 17.9 Å². The standard InChI is InChI=1S/C13H14BrNO5/c1-7(16)15-11(13(17)18)8-5-9(14)12-10(6-8)19-3-2-4-20-12/h5-6,11H,2-4H2,1H3,(H,15,16)(H,17,18). The zero-order valence-electron chi connectivity index (χ0n) is 10.8. The average Bonchev–Trinajstić information content (AvgIpc) is 2.60. The second-order valence-corrected chi connectivity index (χ2v) is 5.21. The lowest BCUT2D eigenvalue weighted by molar-refractivity contribution is -0.141. The van der Waals surface area contributed by atoms with Crippen molar-refractivity contribution in [3.63, 3.8) is 0 Å². The zero-order valence-corrected chi connectivity index (χ0v) is 12.4. The van der Waals surface area contributed by atoms with Gasteiger partial charge in [0.05, 0.1) is 17.7 Å². The number of carboxylic acids is 1. The molecule has 1 aliphatic rings. The first-order chi connectivity index (χ1) is 9.49. The van der Waals surface area contributed by atoms with E-state index in [1.54, 1.807) is 12.1 Å². The number of nitrogens with one attached hydrogen (secondary N) is 1. The monoisotopic (exact) mass is 343 g/mol. The van der Waals surface area contributed by atoms with E-state index >= 15 is 0 Å². The number of ether oxygens (including phenoxy) is 2. The fourth-order valence-corrected chi connectivity index (χ4v) is 2.48. The normalized spacial score (nSPS) is 15.1. The molecule has 1 aromatic rings. The topological polar surface area (TPSA) is 84.9 Å². The highest BCUT2D eigenvalue weighted by molar-refractivity contribution is 9.10. The molecule has 0 saturated carbocycles. The number of rotatable bonds is 3. The van der Waals surface area contributed by atoms with Crippen molar-refractivity contribution < 1.29 is 24.2 Å². The van der Waals surface area contributed by atoms with Crippen molar-refractivity contribution in [2.45, 2.75) is 19.4 Å². The van der Waals surface area contributed by atoms with Crippen LogP contribution in [0.3, 0.4) is 0 Å². The van der Waals surface area contributed by atoms with Gasteiger partial charge < -0.3 is 19.9 Å². The third-order valence-corrected chi connectivity index (χ3v) is 3.34. The number of hydrogen-bond donors (Lipinski definition) is 2. The Bertz CT molecular complexity index is 546. The van der Waals surface area contributed by atoms with Crippen LogP contribution in [0.5, 0.6) is 11.5 Å². The molecular weight excluding hydrogens is 330 g/mol. The molecule has 0 saturated heterocycles. The number of carbonyl (C=O) groups excluding carboxylic acids is 1. The van der Waals surface area contributed by atoms with Crippen molar-refractivity contribution in [2.75, 3.05) is 13.2 Å². The SMILES string of the molecule is CC(=O)NC(C(=O)O)c1cc(Br)c2c(c1)OCCCO2. The van der Waals surface area contributed by atoms with Crippen molar-refractivity contribution in [2.24, 2.45) is 0 Å². The van der Waals surface area contributed by atoms with Crippen LogP contribution < -0.4 is 14.8 Å². The Balaban J connectivity index is 2.41. The summed E-state index contributed by atoms with van der Waals surface area (Å²) in [6, 6.07) is 2.07. The van der Waals surface area contributed by atoms with Crippen LogP contribution in [0.25, 0.3) is 0 Å². The van der Waals surface area contributed by atoms with Crippen molar-refractivity contribution in [3.05, 3.63) is 22.2 Å². The molecule has 1 unspecified atom stereocenters. The summed E-state index contributed by atoms with van der Waals surface area (Å²) < 4.78 is 11.7. The maximum Gasteiger partial charge on any atom is 0.330 e. The summed E-state index contributed by atoms with van der Waals surface area (Å²) in [5.41, 5.74) is 0.420. The number of amides is 1. The van der Waals surface area contributed by atoms with E-state index in [0.29, 0.717) is 34.7 Å². The van der Waals surface area contributed by atoms with Gasteiger partial charge in [-0.25, -0.2) is 4.79 Å². The van der Waals surface area contributed by atoms with Gasteiger partial charge in [-0.1, -0.05) is 0 Å². The molecular formula is C13H14BrNO5. The molecule has 0 aromatic heterocycles. The van der Waals surface area contributed by atoms with Crippen molar-refractivity contribution in [1.29, 1.82) is 0 Å². The predicted molar refractivity (Wildman–Crippen MR) is 73.9 cm³/mol. The molecule has 1 aliphatic heterocycles. The van der Waals surface area contributed by atoms with Gasteiger partial charge in [0.2, 0.25) is 5.91 Å². The van der Waals surface area contributed by atoms with Gasteiger partial charge >= 0.3 is 5.97 Å². The minimum Gasteiger partial charge on any atom is -0.490 e. The second-order valence-electron chi connectivity index (χ2n) is 4.35. The molecule has 7 heteroatoms. The van der Waals surface area contributed by atoms with Gasteiger partial charge in [-0.3, -0.25) is 4.79 Å².